The number of hydrazone groups is 1. The molecule has 0 N–H and O–H groups in total. The van der Waals surface area contributed by atoms with Gasteiger partial charge in [-0.2, -0.15) is 5.10 Å². The fourth-order valence-electron chi connectivity index (χ4n) is 2.48. The summed E-state index contributed by atoms with van der Waals surface area (Å²) in [7, 11) is 2.85. The van der Waals surface area contributed by atoms with Gasteiger partial charge in [-0.05, 0) is 31.2 Å². The number of rotatable bonds is 4. The number of anilines is 1. The van der Waals surface area contributed by atoms with E-state index in [1.807, 2.05) is 41.1 Å². The van der Waals surface area contributed by atoms with Crippen LogP contribution in [0.15, 0.2) is 51.8 Å². The first-order valence-electron chi connectivity index (χ1n) is 7.13. The first kappa shape index (κ1) is 16.7. The first-order chi connectivity index (χ1) is 11.6. The van der Waals surface area contributed by atoms with Crippen LogP contribution in [0.2, 0.25) is 5.02 Å². The Labute approximate surface area is 149 Å². The molecule has 2 aliphatic rings. The van der Waals surface area contributed by atoms with Crippen LogP contribution in [0.4, 0.5) is 5.69 Å². The van der Waals surface area contributed by atoms with Crippen LogP contribution in [0.3, 0.4) is 0 Å². The standard InChI is InChI=1S/C16H16ClN3O3S/c1-10-14(13(8-22-2)15(21)23-3)24-16-19(9-18-20(10)16)12-6-4-11(17)5-7-12/h4-9,16H,1-3H3/b13-8+. The maximum absolute atomic E-state index is 12.0. The van der Waals surface area contributed by atoms with Crippen molar-refractivity contribution in [3.63, 3.8) is 0 Å². The Morgan fingerprint density at radius 3 is 2.67 bits per heavy atom. The monoisotopic (exact) mass is 365 g/mol. The number of ether oxygens (including phenoxy) is 2. The molecule has 8 heteroatoms. The summed E-state index contributed by atoms with van der Waals surface area (Å²) in [6, 6.07) is 7.52. The van der Waals surface area contributed by atoms with Crippen LogP contribution in [-0.4, -0.2) is 37.0 Å². The second-order valence-corrected chi connectivity index (χ2v) is 6.58. The Morgan fingerprint density at radius 1 is 1.33 bits per heavy atom. The Bertz CT molecular complexity index is 745. The number of esters is 1. The molecule has 0 fully saturated rings. The minimum Gasteiger partial charge on any atom is -0.503 e. The van der Waals surface area contributed by atoms with E-state index in [-0.39, 0.29) is 5.50 Å². The van der Waals surface area contributed by atoms with Crippen molar-refractivity contribution in [2.24, 2.45) is 5.10 Å². The fraction of sp³-hybridized carbons (Fsp3) is 0.250. The number of hydrogen-bond donors (Lipinski definition) is 0. The molecule has 6 nitrogen and oxygen atoms in total. The van der Waals surface area contributed by atoms with Crippen molar-refractivity contribution < 1.29 is 14.3 Å². The summed E-state index contributed by atoms with van der Waals surface area (Å²) in [5, 5.41) is 6.98. The minimum atomic E-state index is -0.443. The molecular weight excluding hydrogens is 350 g/mol. The average molecular weight is 366 g/mol. The van der Waals surface area contributed by atoms with Crippen molar-refractivity contribution in [1.29, 1.82) is 0 Å². The van der Waals surface area contributed by atoms with Crippen molar-refractivity contribution in [2.75, 3.05) is 19.1 Å². The van der Waals surface area contributed by atoms with Crippen LogP contribution >= 0.6 is 23.4 Å². The number of benzene rings is 1. The largest absolute Gasteiger partial charge is 0.503 e. The molecule has 3 rings (SSSR count). The minimum absolute atomic E-state index is 0.105. The summed E-state index contributed by atoms with van der Waals surface area (Å²) in [6.45, 7) is 1.91. The average Bonchev–Trinajstić information content (AvgIpc) is 3.13. The number of carbonyl (C=O) groups excluding carboxylic acids is 1. The Hall–Kier alpha value is -2.12. The maximum Gasteiger partial charge on any atom is 0.342 e. The van der Waals surface area contributed by atoms with E-state index in [1.54, 1.807) is 6.34 Å². The molecule has 24 heavy (non-hydrogen) atoms. The van der Waals surface area contributed by atoms with Gasteiger partial charge in [0.1, 0.15) is 11.9 Å². The van der Waals surface area contributed by atoms with E-state index < -0.39 is 5.97 Å². The van der Waals surface area contributed by atoms with Crippen LogP contribution in [0.5, 0.6) is 0 Å². The van der Waals surface area contributed by atoms with Gasteiger partial charge in [0.25, 0.3) is 0 Å². The number of hydrogen-bond acceptors (Lipinski definition) is 7. The van der Waals surface area contributed by atoms with Crippen molar-refractivity contribution in [2.45, 2.75) is 12.4 Å². The highest BCUT2D eigenvalue weighted by Crippen LogP contribution is 2.46. The van der Waals surface area contributed by atoms with Crippen molar-refractivity contribution in [3.05, 3.63) is 51.7 Å². The molecule has 0 amide bonds. The molecule has 0 aromatic heterocycles. The molecule has 0 spiro atoms. The van der Waals surface area contributed by atoms with Crippen LogP contribution in [0.1, 0.15) is 6.92 Å². The zero-order valence-corrected chi connectivity index (χ0v) is 15.0. The molecule has 0 bridgehead atoms. The number of allylic oxidation sites excluding steroid dienone is 1. The topological polar surface area (TPSA) is 54.4 Å². The van der Waals surface area contributed by atoms with Crippen LogP contribution in [0, 0.1) is 0 Å². The van der Waals surface area contributed by atoms with Gasteiger partial charge in [-0.15, -0.1) is 0 Å². The summed E-state index contributed by atoms with van der Waals surface area (Å²) in [5.41, 5.74) is 2.10. The Kier molecular flexibility index (Phi) is 4.73. The second kappa shape index (κ2) is 6.78. The van der Waals surface area contributed by atoms with E-state index in [9.17, 15) is 4.79 Å². The summed E-state index contributed by atoms with van der Waals surface area (Å²) < 4.78 is 9.89. The lowest BCUT2D eigenvalue weighted by atomic mass is 10.2. The number of halogens is 1. The second-order valence-electron chi connectivity index (χ2n) is 5.08. The normalized spacial score (nSPS) is 19.8. The number of carbonyl (C=O) groups is 1. The van der Waals surface area contributed by atoms with Crippen LogP contribution in [0.25, 0.3) is 0 Å². The quantitative estimate of drug-likeness (QED) is 0.463. The molecule has 0 radical (unpaired) electrons. The molecule has 1 aromatic carbocycles. The van der Waals surface area contributed by atoms with Gasteiger partial charge in [-0.1, -0.05) is 23.4 Å². The summed E-state index contributed by atoms with van der Waals surface area (Å²) >= 11 is 7.47. The Morgan fingerprint density at radius 2 is 2.04 bits per heavy atom. The van der Waals surface area contributed by atoms with Gasteiger partial charge in [-0.3, -0.25) is 4.90 Å². The van der Waals surface area contributed by atoms with Crippen LogP contribution in [-0.2, 0) is 14.3 Å². The lowest BCUT2D eigenvalue weighted by Crippen LogP contribution is -2.33. The van der Waals surface area contributed by atoms with E-state index in [2.05, 4.69) is 5.10 Å². The molecule has 1 aromatic rings. The molecule has 2 heterocycles. The third kappa shape index (κ3) is 2.85. The van der Waals surface area contributed by atoms with Gasteiger partial charge < -0.3 is 9.47 Å². The van der Waals surface area contributed by atoms with Crippen LogP contribution < -0.4 is 4.90 Å². The maximum atomic E-state index is 12.0. The zero-order chi connectivity index (χ0) is 17.3. The summed E-state index contributed by atoms with van der Waals surface area (Å²) in [6.07, 6.45) is 3.16. The molecular formula is C16H16ClN3O3S. The molecule has 0 aliphatic carbocycles. The number of thioether (sulfide) groups is 1. The first-order valence-corrected chi connectivity index (χ1v) is 8.39. The molecule has 0 saturated heterocycles. The van der Waals surface area contributed by atoms with E-state index in [0.717, 1.165) is 16.3 Å². The molecule has 0 saturated carbocycles. The molecule has 126 valence electrons. The van der Waals surface area contributed by atoms with Gasteiger partial charge in [-0.25, -0.2) is 9.80 Å². The molecule has 1 atom stereocenters. The molecule has 2 aliphatic heterocycles. The number of methoxy groups -OCH3 is 2. The van der Waals surface area contributed by atoms with E-state index in [4.69, 9.17) is 21.1 Å². The lowest BCUT2D eigenvalue weighted by Gasteiger charge is -2.24. The van der Waals surface area contributed by atoms with E-state index in [0.29, 0.717) is 10.6 Å². The van der Waals surface area contributed by atoms with Gasteiger partial charge in [0.05, 0.1) is 26.2 Å². The van der Waals surface area contributed by atoms with Gasteiger partial charge >= 0.3 is 5.97 Å². The van der Waals surface area contributed by atoms with Gasteiger partial charge in [0, 0.05) is 15.6 Å². The third-order valence-electron chi connectivity index (χ3n) is 3.65. The van der Waals surface area contributed by atoms with E-state index >= 15 is 0 Å². The summed E-state index contributed by atoms with van der Waals surface area (Å²) in [5.74, 6) is -0.443. The highest BCUT2D eigenvalue weighted by molar-refractivity contribution is 8.04. The highest BCUT2D eigenvalue weighted by Gasteiger charge is 2.40. The lowest BCUT2D eigenvalue weighted by molar-refractivity contribution is -0.135. The van der Waals surface area contributed by atoms with Gasteiger partial charge in [0.15, 0.2) is 5.50 Å². The zero-order valence-electron chi connectivity index (χ0n) is 13.4. The smallest absolute Gasteiger partial charge is 0.342 e. The predicted molar refractivity (Wildman–Crippen MR) is 95.4 cm³/mol. The van der Waals surface area contributed by atoms with Gasteiger partial charge in [0.2, 0.25) is 0 Å². The number of nitrogens with zero attached hydrogens (tertiary/aromatic N) is 3. The third-order valence-corrected chi connectivity index (χ3v) is 5.29. The Balaban J connectivity index is 1.89. The highest BCUT2D eigenvalue weighted by atomic mass is 35.5. The molecule has 1 unspecified atom stereocenters. The number of fused-ring (bicyclic) bond motifs is 1. The van der Waals surface area contributed by atoms with Crippen molar-refractivity contribution in [3.8, 4) is 0 Å². The SMILES string of the molecule is CO/C=C(/C(=O)OC)C1=C(C)N2N=CN(c3ccc(Cl)cc3)C2S1. The fourth-order valence-corrected chi connectivity index (χ4v) is 3.95. The van der Waals surface area contributed by atoms with Crippen molar-refractivity contribution in [1.82, 2.24) is 5.01 Å². The van der Waals surface area contributed by atoms with Crippen molar-refractivity contribution >= 4 is 41.4 Å². The predicted octanol–water partition coefficient (Wildman–Crippen LogP) is 3.37. The van der Waals surface area contributed by atoms with E-state index in [1.165, 1.54) is 32.2 Å². The summed E-state index contributed by atoms with van der Waals surface area (Å²) in [4.78, 5) is 14.8.